The Labute approximate surface area is 212 Å². The number of hydrogen-bond donors (Lipinski definition) is 2. The van der Waals surface area contributed by atoms with E-state index in [0.717, 1.165) is 52.5 Å². The van der Waals surface area contributed by atoms with Crippen molar-refractivity contribution in [3.63, 3.8) is 0 Å². The van der Waals surface area contributed by atoms with Crippen molar-refractivity contribution in [3.05, 3.63) is 40.4 Å². The highest BCUT2D eigenvalue weighted by Gasteiger charge is 2.33. The van der Waals surface area contributed by atoms with Crippen LogP contribution in [0.3, 0.4) is 0 Å². The summed E-state index contributed by atoms with van der Waals surface area (Å²) in [6.45, 7) is 5.92. The standard InChI is InChI=1S/C25H37N3O5S2/c1-16-23(28-15-22(25(2,3)29)34-24(28)27-16)18-8-12-20(33-5)21(13-9-18)35(30,31)26-14-17-6-10-19(32-4)11-7-17/h8,12,15,17,19,21,26,29H,6-7,9-11,13-14H2,1-5H3. The summed E-state index contributed by atoms with van der Waals surface area (Å²) in [4.78, 5) is 6.33. The van der Waals surface area contributed by atoms with Crippen LogP contribution in [-0.2, 0) is 25.1 Å². The highest BCUT2D eigenvalue weighted by molar-refractivity contribution is 7.90. The van der Waals surface area contributed by atoms with Gasteiger partial charge in [0.15, 0.2) is 4.96 Å². The molecule has 0 radical (unpaired) electrons. The van der Waals surface area contributed by atoms with Gasteiger partial charge >= 0.3 is 0 Å². The van der Waals surface area contributed by atoms with Crippen LogP contribution in [0, 0.1) is 12.8 Å². The maximum Gasteiger partial charge on any atom is 0.221 e. The molecule has 0 amide bonds. The molecule has 2 aromatic heterocycles. The SMILES string of the molecule is COC1=CC=C(c2c(C)nc3sc(C(C)(C)O)cn23)CCC1S(=O)(=O)NCC1CCC(OC)CC1. The Morgan fingerprint density at radius 2 is 1.91 bits per heavy atom. The van der Waals surface area contributed by atoms with E-state index in [-0.39, 0.29) is 0 Å². The number of nitrogens with one attached hydrogen (secondary N) is 1. The van der Waals surface area contributed by atoms with Gasteiger partial charge in [-0.1, -0.05) is 17.4 Å². The van der Waals surface area contributed by atoms with E-state index in [0.29, 0.717) is 37.2 Å². The number of aryl methyl sites for hydroxylation is 1. The van der Waals surface area contributed by atoms with Crippen LogP contribution in [0.2, 0.25) is 0 Å². The van der Waals surface area contributed by atoms with E-state index in [1.54, 1.807) is 27.0 Å². The quantitative estimate of drug-likeness (QED) is 0.539. The Hall–Kier alpha value is -1.72. The number of aliphatic hydroxyl groups is 1. The molecule has 2 N–H and O–H groups in total. The lowest BCUT2D eigenvalue weighted by Crippen LogP contribution is -2.39. The molecule has 1 atom stereocenters. The molecule has 194 valence electrons. The summed E-state index contributed by atoms with van der Waals surface area (Å²) < 4.78 is 42.5. The number of methoxy groups -OCH3 is 2. The Bertz CT molecular complexity index is 1210. The normalized spacial score (nSPS) is 24.2. The molecule has 1 saturated carbocycles. The number of rotatable bonds is 8. The molecule has 2 aliphatic carbocycles. The molecule has 0 aromatic carbocycles. The fourth-order valence-electron chi connectivity index (χ4n) is 5.04. The second-order valence-corrected chi connectivity index (χ2v) is 13.1. The zero-order valence-electron chi connectivity index (χ0n) is 21.2. The lowest BCUT2D eigenvalue weighted by atomic mass is 9.87. The second-order valence-electron chi connectivity index (χ2n) is 10.1. The summed E-state index contributed by atoms with van der Waals surface area (Å²) in [7, 11) is -0.346. The number of nitrogens with zero attached hydrogens (tertiary/aromatic N) is 2. The van der Waals surface area contributed by atoms with E-state index >= 15 is 0 Å². The Balaban J connectivity index is 1.51. The topological polar surface area (TPSA) is 102 Å². The molecular formula is C25H37N3O5S2. The number of thiazole rings is 1. The Morgan fingerprint density at radius 1 is 1.20 bits per heavy atom. The van der Waals surface area contributed by atoms with Crippen LogP contribution in [0.25, 0.3) is 10.5 Å². The van der Waals surface area contributed by atoms with Crippen molar-refractivity contribution in [3.8, 4) is 0 Å². The van der Waals surface area contributed by atoms with Crippen molar-refractivity contribution < 1.29 is 23.0 Å². The van der Waals surface area contributed by atoms with E-state index in [1.165, 1.54) is 18.4 Å². The number of hydrogen-bond acceptors (Lipinski definition) is 7. The van der Waals surface area contributed by atoms with E-state index in [4.69, 9.17) is 14.5 Å². The summed E-state index contributed by atoms with van der Waals surface area (Å²) in [6.07, 6.45) is 10.8. The predicted molar refractivity (Wildman–Crippen MR) is 139 cm³/mol. The molecule has 0 spiro atoms. The number of sulfonamides is 1. The number of ether oxygens (including phenoxy) is 2. The minimum atomic E-state index is -3.61. The largest absolute Gasteiger partial charge is 0.500 e. The van der Waals surface area contributed by atoms with Crippen molar-refractivity contribution >= 4 is 31.9 Å². The minimum absolute atomic E-state index is 0.290. The van der Waals surface area contributed by atoms with Gasteiger partial charge < -0.3 is 14.6 Å². The summed E-state index contributed by atoms with van der Waals surface area (Å²) in [5, 5.41) is 9.68. The number of aromatic nitrogens is 2. The van der Waals surface area contributed by atoms with Crippen LogP contribution in [-0.4, -0.2) is 55.0 Å². The highest BCUT2D eigenvalue weighted by atomic mass is 32.2. The van der Waals surface area contributed by atoms with E-state index in [9.17, 15) is 13.5 Å². The first-order chi connectivity index (χ1) is 16.5. The van der Waals surface area contributed by atoms with Crippen LogP contribution in [0.4, 0.5) is 0 Å². The molecule has 4 rings (SSSR count). The molecule has 35 heavy (non-hydrogen) atoms. The van der Waals surface area contributed by atoms with E-state index < -0.39 is 20.9 Å². The van der Waals surface area contributed by atoms with Gasteiger partial charge in [-0.3, -0.25) is 4.40 Å². The van der Waals surface area contributed by atoms with Gasteiger partial charge in [0.2, 0.25) is 10.0 Å². The monoisotopic (exact) mass is 523 g/mol. The lowest BCUT2D eigenvalue weighted by Gasteiger charge is -2.28. The van der Waals surface area contributed by atoms with Gasteiger partial charge in [0, 0.05) is 19.9 Å². The fraction of sp³-hybridized carbons (Fsp3) is 0.640. The van der Waals surface area contributed by atoms with Crippen molar-refractivity contribution in [1.29, 1.82) is 0 Å². The smallest absolute Gasteiger partial charge is 0.221 e. The maximum atomic E-state index is 13.3. The molecule has 8 nitrogen and oxygen atoms in total. The molecular weight excluding hydrogens is 486 g/mol. The third kappa shape index (κ3) is 5.67. The number of allylic oxidation sites excluding steroid dienone is 3. The Kier molecular flexibility index (Phi) is 7.78. The van der Waals surface area contributed by atoms with Gasteiger partial charge in [-0.05, 0) is 76.9 Å². The average molecular weight is 524 g/mol. The summed E-state index contributed by atoms with van der Waals surface area (Å²) >= 11 is 1.46. The van der Waals surface area contributed by atoms with Gasteiger partial charge in [0.1, 0.15) is 11.0 Å². The minimum Gasteiger partial charge on any atom is -0.500 e. The number of imidazole rings is 1. The first-order valence-electron chi connectivity index (χ1n) is 12.2. The lowest BCUT2D eigenvalue weighted by molar-refractivity contribution is 0.0575. The van der Waals surface area contributed by atoms with Gasteiger partial charge in [0.05, 0.1) is 35.1 Å². The van der Waals surface area contributed by atoms with Gasteiger partial charge in [-0.2, -0.15) is 0 Å². The molecule has 2 aliphatic rings. The van der Waals surface area contributed by atoms with Gasteiger partial charge in [-0.25, -0.2) is 18.1 Å². The molecule has 2 aromatic rings. The molecule has 10 heteroatoms. The third-order valence-electron chi connectivity index (χ3n) is 7.16. The molecule has 0 saturated heterocycles. The first kappa shape index (κ1) is 26.3. The third-order valence-corrected chi connectivity index (χ3v) is 10.2. The van der Waals surface area contributed by atoms with Crippen molar-refractivity contribution in [2.75, 3.05) is 20.8 Å². The molecule has 0 bridgehead atoms. The van der Waals surface area contributed by atoms with Gasteiger partial charge in [-0.15, -0.1) is 0 Å². The zero-order valence-corrected chi connectivity index (χ0v) is 22.8. The molecule has 2 heterocycles. The summed E-state index contributed by atoms with van der Waals surface area (Å²) in [5.74, 6) is 0.772. The Morgan fingerprint density at radius 3 is 2.54 bits per heavy atom. The van der Waals surface area contributed by atoms with Crippen molar-refractivity contribution in [2.24, 2.45) is 5.92 Å². The van der Waals surface area contributed by atoms with Gasteiger partial charge in [0.25, 0.3) is 0 Å². The van der Waals surface area contributed by atoms with E-state index in [2.05, 4.69) is 4.72 Å². The average Bonchev–Trinajstić information content (AvgIpc) is 3.27. The second kappa shape index (κ2) is 10.3. The molecule has 1 unspecified atom stereocenters. The summed E-state index contributed by atoms with van der Waals surface area (Å²) in [5.41, 5.74) is 1.87. The van der Waals surface area contributed by atoms with Crippen molar-refractivity contribution in [2.45, 2.75) is 76.3 Å². The summed E-state index contributed by atoms with van der Waals surface area (Å²) in [6, 6.07) is 0. The number of fused-ring (bicyclic) bond motifs is 1. The first-order valence-corrected chi connectivity index (χ1v) is 14.6. The van der Waals surface area contributed by atoms with Crippen LogP contribution < -0.4 is 4.72 Å². The van der Waals surface area contributed by atoms with E-state index in [1.807, 2.05) is 23.6 Å². The maximum absolute atomic E-state index is 13.3. The molecule has 1 fully saturated rings. The van der Waals surface area contributed by atoms with Crippen LogP contribution in [0.5, 0.6) is 0 Å². The van der Waals surface area contributed by atoms with Crippen LogP contribution in [0.15, 0.2) is 24.1 Å². The zero-order chi connectivity index (χ0) is 25.4. The van der Waals surface area contributed by atoms with Crippen LogP contribution >= 0.6 is 11.3 Å². The predicted octanol–water partition coefficient (Wildman–Crippen LogP) is 4.13. The molecule has 0 aliphatic heterocycles. The highest BCUT2D eigenvalue weighted by Crippen LogP contribution is 2.35. The van der Waals surface area contributed by atoms with Crippen LogP contribution in [0.1, 0.15) is 68.6 Å². The fourth-order valence-corrected chi connectivity index (χ4v) is 7.64. The van der Waals surface area contributed by atoms with Crippen molar-refractivity contribution in [1.82, 2.24) is 14.1 Å².